The molecule has 5 nitrogen and oxygen atoms in total. The molecular weight excluding hydrogens is 344 g/mol. The number of primary sulfonamides is 1. The first-order valence-electron chi connectivity index (χ1n) is 7.89. The number of hydrogen-bond donors (Lipinski definition) is 2. The number of amides is 1. The van der Waals surface area contributed by atoms with Crippen LogP contribution < -0.4 is 10.5 Å². The average Bonchev–Trinajstić information content (AvgIpc) is 2.98. The van der Waals surface area contributed by atoms with Crippen LogP contribution in [0.1, 0.15) is 52.2 Å². The van der Waals surface area contributed by atoms with Crippen LogP contribution in [0.2, 0.25) is 0 Å². The molecule has 0 saturated carbocycles. The van der Waals surface area contributed by atoms with Crippen molar-refractivity contribution in [2.24, 2.45) is 5.14 Å². The number of carbonyl (C=O) groups excluding carboxylic acids is 1. The number of fused-ring (bicyclic) bond motifs is 1. The molecule has 7 heteroatoms. The first kappa shape index (κ1) is 17.1. The lowest BCUT2D eigenvalue weighted by molar-refractivity contribution is 0.0939. The maximum absolute atomic E-state index is 12.6. The highest BCUT2D eigenvalue weighted by Crippen LogP contribution is 2.30. The van der Waals surface area contributed by atoms with Crippen molar-refractivity contribution in [2.45, 2.75) is 43.5 Å². The van der Waals surface area contributed by atoms with E-state index in [-0.39, 0.29) is 16.8 Å². The van der Waals surface area contributed by atoms with Crippen LogP contribution in [-0.2, 0) is 22.9 Å². The van der Waals surface area contributed by atoms with Crippen LogP contribution in [0.25, 0.3) is 0 Å². The first-order valence-corrected chi connectivity index (χ1v) is 10.3. The molecule has 0 bridgehead atoms. The van der Waals surface area contributed by atoms with Crippen molar-refractivity contribution in [3.8, 4) is 0 Å². The molecule has 0 aliphatic heterocycles. The second-order valence-electron chi connectivity index (χ2n) is 6.07. The van der Waals surface area contributed by atoms with Crippen LogP contribution in [0.15, 0.2) is 34.5 Å². The zero-order valence-electron chi connectivity index (χ0n) is 13.4. The van der Waals surface area contributed by atoms with E-state index in [1.165, 1.54) is 29.0 Å². The Bertz CT molecular complexity index is 872. The number of hydrogen-bond acceptors (Lipinski definition) is 4. The molecule has 1 aromatic carbocycles. The Morgan fingerprint density at radius 2 is 2.04 bits per heavy atom. The number of carbonyl (C=O) groups is 1. The SMILES string of the molecule is C[C@H](NC(=O)c1csc2c1CCCC2)c1cccc(S(N)(=O)=O)c1. The third kappa shape index (κ3) is 3.53. The molecule has 3 rings (SSSR count). The third-order valence-electron chi connectivity index (χ3n) is 4.34. The fraction of sp³-hybridized carbons (Fsp3) is 0.353. The largest absolute Gasteiger partial charge is 0.345 e. The van der Waals surface area contributed by atoms with Gasteiger partial charge in [-0.2, -0.15) is 0 Å². The normalized spacial score (nSPS) is 15.6. The number of aryl methyl sites for hydroxylation is 1. The summed E-state index contributed by atoms with van der Waals surface area (Å²) < 4.78 is 22.9. The van der Waals surface area contributed by atoms with Crippen molar-refractivity contribution in [3.05, 3.63) is 51.2 Å². The van der Waals surface area contributed by atoms with Gasteiger partial charge in [-0.25, -0.2) is 13.6 Å². The lowest BCUT2D eigenvalue weighted by atomic mass is 9.95. The molecule has 1 aromatic heterocycles. The number of benzene rings is 1. The molecular formula is C17H20N2O3S2. The Balaban J connectivity index is 1.79. The Morgan fingerprint density at radius 3 is 2.79 bits per heavy atom. The van der Waals surface area contributed by atoms with Crippen molar-refractivity contribution in [1.82, 2.24) is 5.32 Å². The smallest absolute Gasteiger partial charge is 0.252 e. The summed E-state index contributed by atoms with van der Waals surface area (Å²) in [6.45, 7) is 1.83. The van der Waals surface area contributed by atoms with Crippen LogP contribution in [-0.4, -0.2) is 14.3 Å². The van der Waals surface area contributed by atoms with Gasteiger partial charge >= 0.3 is 0 Å². The summed E-state index contributed by atoms with van der Waals surface area (Å²) in [5.74, 6) is -0.108. The number of rotatable bonds is 4. The van der Waals surface area contributed by atoms with E-state index in [2.05, 4.69) is 5.32 Å². The number of thiophene rings is 1. The third-order valence-corrected chi connectivity index (χ3v) is 6.34. The predicted octanol–water partition coefficient (Wildman–Crippen LogP) is 2.77. The molecule has 1 aliphatic rings. The highest BCUT2D eigenvalue weighted by atomic mass is 32.2. The second kappa shape index (κ2) is 6.66. The first-order chi connectivity index (χ1) is 11.4. The molecule has 2 aromatic rings. The van der Waals surface area contributed by atoms with Gasteiger partial charge in [0.05, 0.1) is 16.5 Å². The van der Waals surface area contributed by atoms with Crippen LogP contribution in [0, 0.1) is 0 Å². The van der Waals surface area contributed by atoms with Crippen molar-refractivity contribution >= 4 is 27.3 Å². The Morgan fingerprint density at radius 1 is 1.29 bits per heavy atom. The van der Waals surface area contributed by atoms with Gasteiger partial charge in [0, 0.05) is 10.3 Å². The van der Waals surface area contributed by atoms with Gasteiger partial charge in [-0.3, -0.25) is 4.79 Å². The second-order valence-corrected chi connectivity index (χ2v) is 8.60. The van der Waals surface area contributed by atoms with E-state index in [9.17, 15) is 13.2 Å². The van der Waals surface area contributed by atoms with Crippen LogP contribution in [0.4, 0.5) is 0 Å². The molecule has 0 saturated heterocycles. The summed E-state index contributed by atoms with van der Waals surface area (Å²) in [5, 5.41) is 10.1. The fourth-order valence-corrected chi connectivity index (χ4v) is 4.70. The minimum absolute atomic E-state index is 0.0500. The molecule has 1 atom stereocenters. The molecule has 128 valence electrons. The van der Waals surface area contributed by atoms with E-state index in [1.54, 1.807) is 23.5 Å². The maximum atomic E-state index is 12.6. The Labute approximate surface area is 145 Å². The zero-order valence-corrected chi connectivity index (χ0v) is 15.0. The highest BCUT2D eigenvalue weighted by molar-refractivity contribution is 7.89. The topological polar surface area (TPSA) is 89.3 Å². The molecule has 0 unspecified atom stereocenters. The van der Waals surface area contributed by atoms with Crippen molar-refractivity contribution in [3.63, 3.8) is 0 Å². The number of nitrogens with one attached hydrogen (secondary N) is 1. The van der Waals surface area contributed by atoms with Crippen LogP contribution >= 0.6 is 11.3 Å². The van der Waals surface area contributed by atoms with Crippen molar-refractivity contribution in [1.29, 1.82) is 0 Å². The van der Waals surface area contributed by atoms with Gasteiger partial charge in [0.25, 0.3) is 5.91 Å². The maximum Gasteiger partial charge on any atom is 0.252 e. The van der Waals surface area contributed by atoms with Crippen molar-refractivity contribution in [2.75, 3.05) is 0 Å². The molecule has 1 amide bonds. The minimum atomic E-state index is -3.75. The van der Waals surface area contributed by atoms with Gasteiger partial charge < -0.3 is 5.32 Å². The number of nitrogens with two attached hydrogens (primary N) is 1. The minimum Gasteiger partial charge on any atom is -0.345 e. The van der Waals surface area contributed by atoms with E-state index < -0.39 is 10.0 Å². The monoisotopic (exact) mass is 364 g/mol. The molecule has 0 fully saturated rings. The van der Waals surface area contributed by atoms with E-state index in [1.807, 2.05) is 12.3 Å². The molecule has 3 N–H and O–H groups in total. The standard InChI is InChI=1S/C17H20N2O3S2/c1-11(12-5-4-6-13(9-12)24(18,21)22)19-17(20)15-10-23-16-8-3-2-7-14(15)16/h4-6,9-11H,2-3,7-8H2,1H3,(H,19,20)(H2,18,21,22)/t11-/m0/s1. The summed E-state index contributed by atoms with van der Waals surface area (Å²) >= 11 is 1.65. The highest BCUT2D eigenvalue weighted by Gasteiger charge is 2.21. The molecule has 1 aliphatic carbocycles. The van der Waals surface area contributed by atoms with Gasteiger partial charge in [0.2, 0.25) is 10.0 Å². The number of sulfonamides is 1. The lowest BCUT2D eigenvalue weighted by Crippen LogP contribution is -2.27. The van der Waals surface area contributed by atoms with Gasteiger partial charge in [0.1, 0.15) is 0 Å². The quantitative estimate of drug-likeness (QED) is 0.874. The molecule has 1 heterocycles. The van der Waals surface area contributed by atoms with E-state index in [0.29, 0.717) is 5.56 Å². The zero-order chi connectivity index (χ0) is 17.3. The summed E-state index contributed by atoms with van der Waals surface area (Å²) in [6.07, 6.45) is 4.32. The Kier molecular flexibility index (Phi) is 4.76. The van der Waals surface area contributed by atoms with Crippen LogP contribution in [0.5, 0.6) is 0 Å². The molecule has 0 radical (unpaired) electrons. The van der Waals surface area contributed by atoms with Crippen molar-refractivity contribution < 1.29 is 13.2 Å². The lowest BCUT2D eigenvalue weighted by Gasteiger charge is -2.17. The molecule has 24 heavy (non-hydrogen) atoms. The van der Waals surface area contributed by atoms with E-state index in [0.717, 1.165) is 24.8 Å². The average molecular weight is 364 g/mol. The fourth-order valence-electron chi connectivity index (χ4n) is 3.00. The van der Waals surface area contributed by atoms with E-state index in [4.69, 9.17) is 5.14 Å². The van der Waals surface area contributed by atoms with Crippen LogP contribution in [0.3, 0.4) is 0 Å². The van der Waals surface area contributed by atoms with Gasteiger partial charge in [-0.05, 0) is 55.9 Å². The predicted molar refractivity (Wildman–Crippen MR) is 94.7 cm³/mol. The summed E-state index contributed by atoms with van der Waals surface area (Å²) in [7, 11) is -3.75. The summed E-state index contributed by atoms with van der Waals surface area (Å²) in [6, 6.07) is 6.05. The van der Waals surface area contributed by atoms with Gasteiger partial charge in [0.15, 0.2) is 0 Å². The summed E-state index contributed by atoms with van der Waals surface area (Å²) in [5.41, 5.74) is 2.64. The van der Waals surface area contributed by atoms with Gasteiger partial charge in [-0.15, -0.1) is 11.3 Å². The molecule has 0 spiro atoms. The Hall–Kier alpha value is -1.70. The summed E-state index contributed by atoms with van der Waals surface area (Å²) in [4.78, 5) is 14.0. The van der Waals surface area contributed by atoms with Gasteiger partial charge in [-0.1, -0.05) is 12.1 Å². The van der Waals surface area contributed by atoms with E-state index >= 15 is 0 Å².